The molecule has 0 spiro atoms. The second kappa shape index (κ2) is 7.18. The molecular weight excluding hydrogens is 582 g/mol. The molecule has 1 rings (SSSR count). The lowest BCUT2D eigenvalue weighted by Gasteiger charge is -2.39. The van der Waals surface area contributed by atoms with E-state index in [4.69, 9.17) is 0 Å². The molecule has 0 amide bonds. The smallest absolute Gasteiger partial charge is 0.0656 e. The molecule has 0 N–H and O–H groups in total. The predicted molar refractivity (Wildman–Crippen MR) is 144 cm³/mol. The molecule has 0 bridgehead atoms. The van der Waals surface area contributed by atoms with E-state index in [-0.39, 0.29) is 0 Å². The van der Waals surface area contributed by atoms with Gasteiger partial charge in [0, 0.05) is 7.14 Å². The maximum Gasteiger partial charge on any atom is 0.0803 e. The fraction of sp³-hybridized carbons (Fsp3) is 0.667. The van der Waals surface area contributed by atoms with Crippen molar-refractivity contribution in [2.75, 3.05) is 0 Å². The summed E-state index contributed by atoms with van der Waals surface area (Å²) in [4.78, 5) is 0. The minimum absolute atomic E-state index is 1.38. The monoisotopic (exact) mass is 618 g/mol. The molecule has 0 aromatic heterocycles. The molecule has 0 aliphatic carbocycles. The van der Waals surface area contributed by atoms with Crippen molar-refractivity contribution in [2.45, 2.75) is 78.6 Å². The van der Waals surface area contributed by atoms with E-state index in [9.17, 15) is 0 Å². The first-order chi connectivity index (χ1) is 10.3. The van der Waals surface area contributed by atoms with Gasteiger partial charge >= 0.3 is 0 Å². The minimum Gasteiger partial charge on any atom is -0.0656 e. The Morgan fingerprint density at radius 2 is 0.583 bits per heavy atom. The molecule has 0 saturated carbocycles. The zero-order valence-corrected chi connectivity index (χ0v) is 26.1. The Hall–Kier alpha value is 1.55. The lowest BCUT2D eigenvalue weighted by atomic mass is 10.3. The van der Waals surface area contributed by atoms with Gasteiger partial charge in [-0.3, -0.25) is 0 Å². The van der Waals surface area contributed by atoms with Crippen LogP contribution in [0.25, 0.3) is 0 Å². The molecule has 0 radical (unpaired) electrons. The Morgan fingerprint density at radius 1 is 0.375 bits per heavy atom. The van der Waals surface area contributed by atoms with Crippen molar-refractivity contribution in [1.29, 1.82) is 0 Å². The Balaban J connectivity index is 4.31. The van der Waals surface area contributed by atoms with E-state index < -0.39 is 32.3 Å². The van der Waals surface area contributed by atoms with E-state index >= 15 is 0 Å². The summed E-state index contributed by atoms with van der Waals surface area (Å²) in [5.41, 5.74) is 0. The lowest BCUT2D eigenvalue weighted by molar-refractivity contribution is 1.59. The number of benzene rings is 1. The van der Waals surface area contributed by atoms with Gasteiger partial charge in [0.2, 0.25) is 0 Å². The van der Waals surface area contributed by atoms with E-state index in [2.05, 4.69) is 124 Å². The summed E-state index contributed by atoms with van der Waals surface area (Å²) in [6.07, 6.45) is 0. The molecule has 24 heavy (non-hydrogen) atoms. The van der Waals surface area contributed by atoms with Crippen LogP contribution in [0.2, 0.25) is 78.6 Å². The van der Waals surface area contributed by atoms with E-state index in [0.717, 1.165) is 0 Å². The van der Waals surface area contributed by atoms with Gasteiger partial charge in [-0.25, -0.2) is 0 Å². The molecule has 0 aliphatic rings. The van der Waals surface area contributed by atoms with Gasteiger partial charge < -0.3 is 0 Å². The average molecular weight is 619 g/mol. The van der Waals surface area contributed by atoms with Crippen LogP contribution in [0.1, 0.15) is 0 Å². The van der Waals surface area contributed by atoms with Crippen molar-refractivity contribution in [3.63, 3.8) is 0 Å². The summed E-state index contributed by atoms with van der Waals surface area (Å²) in [5, 5.41) is 7.23. The van der Waals surface area contributed by atoms with E-state index in [1.165, 1.54) is 0 Å². The molecule has 0 saturated heterocycles. The fourth-order valence-corrected chi connectivity index (χ4v) is 26.8. The first kappa shape index (κ1) is 23.6. The molecular formula is C18H36I2Si4. The van der Waals surface area contributed by atoms with Crippen LogP contribution in [0, 0.1) is 7.14 Å². The minimum atomic E-state index is -1.41. The van der Waals surface area contributed by atoms with Crippen molar-refractivity contribution in [1.82, 2.24) is 0 Å². The third-order valence-corrected chi connectivity index (χ3v) is 17.1. The summed E-state index contributed by atoms with van der Waals surface area (Å²) < 4.78 is 3.30. The Labute approximate surface area is 182 Å². The highest BCUT2D eigenvalue weighted by Gasteiger charge is 2.40. The first-order valence-corrected chi connectivity index (χ1v) is 25.0. The largest absolute Gasteiger partial charge is 0.0803 e. The fourth-order valence-electron chi connectivity index (χ4n) is 3.51. The number of hydrogen-bond donors (Lipinski definition) is 0. The van der Waals surface area contributed by atoms with E-state index in [1.54, 1.807) is 12.3 Å². The van der Waals surface area contributed by atoms with Crippen LogP contribution in [0.4, 0.5) is 0 Å². The quantitative estimate of drug-likeness (QED) is 0.327. The van der Waals surface area contributed by atoms with E-state index in [0.29, 0.717) is 0 Å². The zero-order chi connectivity index (χ0) is 19.5. The number of halogens is 2. The van der Waals surface area contributed by atoms with Crippen molar-refractivity contribution < 1.29 is 0 Å². The second-order valence-electron chi connectivity index (χ2n) is 11.1. The number of rotatable bonds is 4. The van der Waals surface area contributed by atoms with Crippen LogP contribution < -0.4 is 20.7 Å². The molecule has 138 valence electrons. The normalized spacial score (nSPS) is 14.2. The van der Waals surface area contributed by atoms with Crippen LogP contribution >= 0.6 is 45.2 Å². The highest BCUT2D eigenvalue weighted by molar-refractivity contribution is 14.1. The van der Waals surface area contributed by atoms with Gasteiger partial charge in [-0.15, -0.1) is 0 Å². The maximum atomic E-state index is 2.73. The van der Waals surface area contributed by atoms with Crippen molar-refractivity contribution in [2.24, 2.45) is 0 Å². The van der Waals surface area contributed by atoms with Crippen molar-refractivity contribution in [3.05, 3.63) is 7.14 Å². The van der Waals surface area contributed by atoms with Gasteiger partial charge in [0.25, 0.3) is 0 Å². The average Bonchev–Trinajstić information content (AvgIpc) is 2.20. The van der Waals surface area contributed by atoms with Gasteiger partial charge in [-0.1, -0.05) is 83.8 Å². The van der Waals surface area contributed by atoms with Crippen molar-refractivity contribution >= 4 is 98.2 Å². The third kappa shape index (κ3) is 4.88. The Bertz CT molecular complexity index is 598. The summed E-state index contributed by atoms with van der Waals surface area (Å²) in [7, 11) is -5.61. The maximum absolute atomic E-state index is 2.73. The Kier molecular flexibility index (Phi) is 7.05. The molecule has 0 atom stereocenters. The zero-order valence-electron chi connectivity index (χ0n) is 17.8. The second-order valence-corrected chi connectivity index (χ2v) is 33.3. The molecule has 6 heteroatoms. The molecule has 0 fully saturated rings. The van der Waals surface area contributed by atoms with Gasteiger partial charge in [0.15, 0.2) is 0 Å². The van der Waals surface area contributed by atoms with Crippen LogP contribution in [-0.4, -0.2) is 32.3 Å². The van der Waals surface area contributed by atoms with Crippen LogP contribution in [0.15, 0.2) is 0 Å². The van der Waals surface area contributed by atoms with Crippen LogP contribution in [-0.2, 0) is 0 Å². The van der Waals surface area contributed by atoms with Crippen molar-refractivity contribution in [3.8, 4) is 0 Å². The highest BCUT2D eigenvalue weighted by Crippen LogP contribution is 2.20. The van der Waals surface area contributed by atoms with Gasteiger partial charge in [0.05, 0.1) is 32.3 Å². The molecule has 1 aromatic rings. The summed E-state index contributed by atoms with van der Waals surface area (Å²) in [6.45, 7) is 30.6. The first-order valence-electron chi connectivity index (χ1n) is 8.88. The SMILES string of the molecule is C[Si](C)(C)c1c(I)c([Si](C)(C)C)c([Si](C)(C)C)c([Si](C)(C)C)c1I. The van der Waals surface area contributed by atoms with Crippen LogP contribution in [0.5, 0.6) is 0 Å². The lowest BCUT2D eigenvalue weighted by Crippen LogP contribution is -2.71. The van der Waals surface area contributed by atoms with Gasteiger partial charge in [-0.2, -0.15) is 0 Å². The molecule has 0 heterocycles. The van der Waals surface area contributed by atoms with E-state index in [1.807, 2.05) is 15.6 Å². The molecule has 0 unspecified atom stereocenters. The summed E-state index contributed by atoms with van der Waals surface area (Å²) in [6, 6.07) is 0. The summed E-state index contributed by atoms with van der Waals surface area (Å²) in [5.74, 6) is 0. The summed E-state index contributed by atoms with van der Waals surface area (Å²) >= 11 is 5.46. The van der Waals surface area contributed by atoms with Crippen LogP contribution in [0.3, 0.4) is 0 Å². The standard InChI is InChI=1S/C18H36I2Si4/c1-21(2,3)15-13(19)16(22(4,5)6)18(24(10,11)12)17(14(15)20)23(7,8)9/h1-12H3. The third-order valence-electron chi connectivity index (χ3n) is 4.38. The predicted octanol–water partition coefficient (Wildman–Crippen LogP) is 5.08. The topological polar surface area (TPSA) is 0 Å². The van der Waals surface area contributed by atoms with Gasteiger partial charge in [0.1, 0.15) is 0 Å². The highest BCUT2D eigenvalue weighted by atomic mass is 127. The van der Waals surface area contributed by atoms with Gasteiger partial charge in [-0.05, 0) is 60.7 Å². The molecule has 1 aromatic carbocycles. The molecule has 0 nitrogen and oxygen atoms in total. The molecule has 0 aliphatic heterocycles. The Morgan fingerprint density at radius 3 is 0.750 bits per heavy atom. The number of hydrogen-bond acceptors (Lipinski definition) is 0.